The van der Waals surface area contributed by atoms with Crippen LogP contribution in [0.1, 0.15) is 36.1 Å². The minimum Gasteiger partial charge on any atom is -0.456 e. The molecule has 0 saturated heterocycles. The molecule has 0 aliphatic rings. The van der Waals surface area contributed by atoms with Gasteiger partial charge in [-0.1, -0.05) is 36.4 Å². The van der Waals surface area contributed by atoms with E-state index in [-0.39, 0.29) is 23.1 Å². The molecular weight excluding hydrogens is 378 g/mol. The monoisotopic (exact) mass is 403 g/mol. The molecule has 0 bridgehead atoms. The van der Waals surface area contributed by atoms with E-state index in [2.05, 4.69) is 5.32 Å². The first-order valence-electron chi connectivity index (χ1n) is 8.99. The molecule has 0 radical (unpaired) electrons. The normalized spacial score (nSPS) is 12.2. The molecular formula is C21H25NO5S. The van der Waals surface area contributed by atoms with Crippen LogP contribution in [0.4, 0.5) is 0 Å². The predicted molar refractivity (Wildman–Crippen MR) is 107 cm³/mol. The summed E-state index contributed by atoms with van der Waals surface area (Å²) in [6.07, 6.45) is -0.309. The lowest BCUT2D eigenvalue weighted by molar-refractivity contribution is -0.148. The van der Waals surface area contributed by atoms with Crippen LogP contribution in [-0.2, 0) is 24.2 Å². The van der Waals surface area contributed by atoms with E-state index in [0.29, 0.717) is 0 Å². The van der Waals surface area contributed by atoms with Crippen LogP contribution in [0.2, 0.25) is 0 Å². The Hall–Kier alpha value is -2.67. The van der Waals surface area contributed by atoms with Gasteiger partial charge in [0, 0.05) is 0 Å². The SMILES string of the molecule is Cc1ccc(S(=O)(=O)CCC(=O)OCC(=O)N[C@H](C)c2ccccc2)cc1C. The molecule has 7 heteroatoms. The number of esters is 1. The van der Waals surface area contributed by atoms with Gasteiger partial charge in [0.1, 0.15) is 0 Å². The number of hydrogen-bond donors (Lipinski definition) is 1. The molecule has 0 unspecified atom stereocenters. The van der Waals surface area contributed by atoms with E-state index >= 15 is 0 Å². The Kier molecular flexibility index (Phi) is 7.34. The molecule has 0 fully saturated rings. The van der Waals surface area contributed by atoms with E-state index in [1.165, 1.54) is 6.07 Å². The molecule has 0 heterocycles. The fraction of sp³-hybridized carbons (Fsp3) is 0.333. The molecule has 1 amide bonds. The minimum atomic E-state index is -3.59. The van der Waals surface area contributed by atoms with E-state index in [9.17, 15) is 18.0 Å². The van der Waals surface area contributed by atoms with Crippen molar-refractivity contribution in [2.75, 3.05) is 12.4 Å². The van der Waals surface area contributed by atoms with Gasteiger partial charge in [0.05, 0.1) is 23.1 Å². The van der Waals surface area contributed by atoms with Crippen molar-refractivity contribution in [3.05, 3.63) is 65.2 Å². The zero-order chi connectivity index (χ0) is 20.7. The van der Waals surface area contributed by atoms with Gasteiger partial charge in [-0.05, 0) is 49.6 Å². The summed E-state index contributed by atoms with van der Waals surface area (Å²) in [7, 11) is -3.59. The lowest BCUT2D eigenvalue weighted by atomic mass is 10.1. The minimum absolute atomic E-state index is 0.179. The fourth-order valence-corrected chi connectivity index (χ4v) is 3.87. The molecule has 0 aliphatic heterocycles. The second kappa shape index (κ2) is 9.50. The topological polar surface area (TPSA) is 89.5 Å². The fourth-order valence-electron chi connectivity index (χ4n) is 2.57. The Bertz CT molecular complexity index is 939. The molecule has 1 N–H and O–H groups in total. The quantitative estimate of drug-likeness (QED) is 0.685. The zero-order valence-corrected chi connectivity index (χ0v) is 17.1. The Labute approximate surface area is 165 Å². The van der Waals surface area contributed by atoms with Gasteiger partial charge in [-0.25, -0.2) is 8.42 Å². The molecule has 2 aromatic rings. The second-order valence-corrected chi connectivity index (χ2v) is 8.78. The standard InChI is InChI=1S/C21H25NO5S/c1-15-9-10-19(13-16(15)2)28(25,26)12-11-21(24)27-14-20(23)22-17(3)18-7-5-4-6-8-18/h4-10,13,17H,11-12,14H2,1-3H3,(H,22,23)/t17-/m1/s1. The van der Waals surface area contributed by atoms with Crippen LogP contribution in [0.15, 0.2) is 53.4 Å². The summed E-state index contributed by atoms with van der Waals surface area (Å²) >= 11 is 0. The van der Waals surface area contributed by atoms with Gasteiger partial charge >= 0.3 is 5.97 Å². The molecule has 0 aromatic heterocycles. The lowest BCUT2D eigenvalue weighted by Gasteiger charge is -2.14. The maximum absolute atomic E-state index is 12.4. The number of benzene rings is 2. The number of ether oxygens (including phenoxy) is 1. The molecule has 0 spiro atoms. The smallest absolute Gasteiger partial charge is 0.307 e. The number of nitrogens with one attached hydrogen (secondary N) is 1. The Morgan fingerprint density at radius 3 is 2.36 bits per heavy atom. The highest BCUT2D eigenvalue weighted by atomic mass is 32.2. The van der Waals surface area contributed by atoms with Crippen LogP contribution in [-0.4, -0.2) is 32.7 Å². The molecule has 0 saturated carbocycles. The summed E-state index contributed by atoms with van der Waals surface area (Å²) in [6, 6.07) is 14.0. The van der Waals surface area contributed by atoms with Gasteiger partial charge < -0.3 is 10.1 Å². The Morgan fingerprint density at radius 1 is 1.04 bits per heavy atom. The molecule has 150 valence electrons. The van der Waals surface area contributed by atoms with Gasteiger partial charge in [0.25, 0.3) is 5.91 Å². The molecule has 6 nitrogen and oxygen atoms in total. The highest BCUT2D eigenvalue weighted by Gasteiger charge is 2.18. The van der Waals surface area contributed by atoms with Crippen molar-refractivity contribution < 1.29 is 22.7 Å². The highest BCUT2D eigenvalue weighted by Crippen LogP contribution is 2.17. The highest BCUT2D eigenvalue weighted by molar-refractivity contribution is 7.91. The summed E-state index contributed by atoms with van der Waals surface area (Å²) in [6.45, 7) is 5.11. The van der Waals surface area contributed by atoms with Gasteiger partial charge in [0.15, 0.2) is 16.4 Å². The van der Waals surface area contributed by atoms with Crippen molar-refractivity contribution >= 4 is 21.7 Å². The van der Waals surface area contributed by atoms with Gasteiger partial charge in [-0.15, -0.1) is 0 Å². The first-order valence-corrected chi connectivity index (χ1v) is 10.6. The average Bonchev–Trinajstić information content (AvgIpc) is 2.67. The number of rotatable bonds is 8. The molecule has 28 heavy (non-hydrogen) atoms. The van der Waals surface area contributed by atoms with Crippen LogP contribution in [0, 0.1) is 13.8 Å². The first-order chi connectivity index (χ1) is 13.2. The van der Waals surface area contributed by atoms with Crippen molar-refractivity contribution in [1.29, 1.82) is 0 Å². The second-order valence-electron chi connectivity index (χ2n) is 6.68. The average molecular weight is 404 g/mol. The largest absolute Gasteiger partial charge is 0.456 e. The van der Waals surface area contributed by atoms with Crippen LogP contribution < -0.4 is 5.32 Å². The number of aryl methyl sites for hydroxylation is 2. The number of carbonyl (C=O) groups is 2. The van der Waals surface area contributed by atoms with Crippen LogP contribution in [0.5, 0.6) is 0 Å². The van der Waals surface area contributed by atoms with Crippen molar-refractivity contribution in [2.45, 2.75) is 38.1 Å². The van der Waals surface area contributed by atoms with E-state index in [1.54, 1.807) is 12.1 Å². The van der Waals surface area contributed by atoms with Crippen molar-refractivity contribution in [2.24, 2.45) is 0 Å². The summed E-state index contributed by atoms with van der Waals surface area (Å²) < 4.78 is 29.6. The van der Waals surface area contributed by atoms with E-state index in [1.807, 2.05) is 51.1 Å². The van der Waals surface area contributed by atoms with Crippen LogP contribution >= 0.6 is 0 Å². The van der Waals surface area contributed by atoms with E-state index < -0.39 is 28.3 Å². The van der Waals surface area contributed by atoms with Crippen molar-refractivity contribution in [1.82, 2.24) is 5.32 Å². The third kappa shape index (κ3) is 6.20. The zero-order valence-electron chi connectivity index (χ0n) is 16.3. The first kappa shape index (κ1) is 21.6. The lowest BCUT2D eigenvalue weighted by Crippen LogP contribution is -2.31. The third-order valence-electron chi connectivity index (χ3n) is 4.45. The number of sulfone groups is 1. The summed E-state index contributed by atoms with van der Waals surface area (Å²) in [5.74, 6) is -1.53. The number of amides is 1. The van der Waals surface area contributed by atoms with Crippen molar-refractivity contribution in [3.8, 4) is 0 Å². The molecule has 2 rings (SSSR count). The number of hydrogen-bond acceptors (Lipinski definition) is 5. The van der Waals surface area contributed by atoms with Gasteiger partial charge in [-0.3, -0.25) is 9.59 Å². The van der Waals surface area contributed by atoms with Crippen molar-refractivity contribution in [3.63, 3.8) is 0 Å². The summed E-state index contributed by atoms with van der Waals surface area (Å²) in [5.41, 5.74) is 2.80. The van der Waals surface area contributed by atoms with Crippen LogP contribution in [0.3, 0.4) is 0 Å². The maximum atomic E-state index is 12.4. The Morgan fingerprint density at radius 2 is 1.71 bits per heavy atom. The van der Waals surface area contributed by atoms with Crippen LogP contribution in [0.25, 0.3) is 0 Å². The third-order valence-corrected chi connectivity index (χ3v) is 6.17. The van der Waals surface area contributed by atoms with Gasteiger partial charge in [0.2, 0.25) is 0 Å². The van der Waals surface area contributed by atoms with Gasteiger partial charge in [-0.2, -0.15) is 0 Å². The maximum Gasteiger partial charge on any atom is 0.307 e. The molecule has 2 aromatic carbocycles. The van der Waals surface area contributed by atoms with E-state index in [4.69, 9.17) is 4.74 Å². The Balaban J connectivity index is 1.80. The summed E-state index contributed by atoms with van der Waals surface area (Å²) in [5, 5.41) is 2.73. The molecule has 0 aliphatic carbocycles. The predicted octanol–water partition coefficient (Wildman–Crippen LogP) is 2.89. The summed E-state index contributed by atoms with van der Waals surface area (Å²) in [4.78, 5) is 23.9. The molecule has 1 atom stereocenters. The van der Waals surface area contributed by atoms with E-state index in [0.717, 1.165) is 16.7 Å². The number of carbonyl (C=O) groups excluding carboxylic acids is 2.